The standard InChI is InChI=1S/C27H33N3O9/c1-27(2,3)22-23(31)30-12-16(10-19(30)24(32)33)39-26(35)29-11-15-9-20-21(38-14-37-20)17(18(15)13-29)7-5-4-6-8-36-25(34)28-22/h5,7,9,16,19,22H,4,6,8,10-14H2,1-3H3,(H,28,34)(H,32,33)/b7-5-/t16-,19?,22-/m1/s1. The average molecular weight is 544 g/mol. The lowest BCUT2D eigenvalue weighted by atomic mass is 9.85. The largest absolute Gasteiger partial charge is 0.480 e. The van der Waals surface area contributed by atoms with Crippen LogP contribution in [0.1, 0.15) is 56.7 Å². The van der Waals surface area contributed by atoms with Gasteiger partial charge in [-0.25, -0.2) is 14.4 Å². The number of nitrogens with one attached hydrogen (secondary N) is 1. The summed E-state index contributed by atoms with van der Waals surface area (Å²) in [6, 6.07) is -0.379. The number of hydrogen-bond acceptors (Lipinski definition) is 8. The Morgan fingerprint density at radius 3 is 2.67 bits per heavy atom. The van der Waals surface area contributed by atoms with Crippen LogP contribution in [0, 0.1) is 5.41 Å². The molecular formula is C27H33N3O9. The van der Waals surface area contributed by atoms with Crippen molar-refractivity contribution < 1.29 is 43.2 Å². The lowest BCUT2D eigenvalue weighted by Gasteiger charge is -2.34. The Hall–Kier alpha value is -3.96. The van der Waals surface area contributed by atoms with Crippen LogP contribution in [0.15, 0.2) is 12.1 Å². The molecule has 0 spiro atoms. The van der Waals surface area contributed by atoms with Crippen LogP contribution in [0.25, 0.3) is 6.08 Å². The highest BCUT2D eigenvalue weighted by Crippen LogP contribution is 2.43. The van der Waals surface area contributed by atoms with E-state index in [1.54, 1.807) is 20.8 Å². The second-order valence-electron chi connectivity index (χ2n) is 11.2. The van der Waals surface area contributed by atoms with Gasteiger partial charge in [-0.15, -0.1) is 0 Å². The predicted octanol–water partition coefficient (Wildman–Crippen LogP) is 2.87. The molecule has 1 aromatic carbocycles. The number of aliphatic carboxylic acids is 1. The van der Waals surface area contributed by atoms with Gasteiger partial charge in [0.15, 0.2) is 11.5 Å². The fourth-order valence-electron chi connectivity index (χ4n) is 5.37. The van der Waals surface area contributed by atoms with Crippen molar-refractivity contribution in [3.8, 4) is 11.5 Å². The first kappa shape index (κ1) is 26.6. The van der Waals surface area contributed by atoms with E-state index in [1.807, 2.05) is 18.2 Å². The SMILES string of the molecule is CC(C)(C)[C@@H]1NC(=O)OCCC/C=C\c2c3c(cc4c2OCO4)CN(C3)C(=O)O[C@@H]2CC(C(=O)O)N(C2)C1=O. The molecule has 5 rings (SSSR count). The summed E-state index contributed by atoms with van der Waals surface area (Å²) in [6.45, 7) is 6.04. The third-order valence-electron chi connectivity index (χ3n) is 7.38. The zero-order valence-corrected chi connectivity index (χ0v) is 22.2. The number of carbonyl (C=O) groups excluding carboxylic acids is 3. The molecule has 3 atom stereocenters. The Morgan fingerprint density at radius 1 is 1.13 bits per heavy atom. The van der Waals surface area contributed by atoms with Crippen LogP contribution in [0.5, 0.6) is 11.5 Å². The van der Waals surface area contributed by atoms with Crippen LogP contribution in [0.4, 0.5) is 9.59 Å². The van der Waals surface area contributed by atoms with Gasteiger partial charge in [0.2, 0.25) is 12.7 Å². The Labute approximate surface area is 225 Å². The van der Waals surface area contributed by atoms with Crippen molar-refractivity contribution >= 4 is 30.1 Å². The molecule has 210 valence electrons. The van der Waals surface area contributed by atoms with Crippen LogP contribution in [0.2, 0.25) is 0 Å². The minimum Gasteiger partial charge on any atom is -0.480 e. The molecule has 4 heterocycles. The lowest BCUT2D eigenvalue weighted by molar-refractivity contribution is -0.150. The lowest BCUT2D eigenvalue weighted by Crippen LogP contribution is -2.57. The van der Waals surface area contributed by atoms with E-state index < -0.39 is 47.7 Å². The number of carboxylic acid groups (broad SMARTS) is 1. The molecule has 12 heteroatoms. The predicted molar refractivity (Wildman–Crippen MR) is 136 cm³/mol. The molecule has 1 aromatic rings. The van der Waals surface area contributed by atoms with Gasteiger partial charge in [0.1, 0.15) is 18.2 Å². The molecule has 2 N–H and O–H groups in total. The number of rotatable bonds is 1. The Bertz CT molecular complexity index is 1220. The van der Waals surface area contributed by atoms with Gasteiger partial charge >= 0.3 is 18.2 Å². The molecule has 0 radical (unpaired) electrons. The molecule has 4 bridgehead atoms. The van der Waals surface area contributed by atoms with Gasteiger partial charge in [-0.2, -0.15) is 0 Å². The molecule has 0 aromatic heterocycles. The van der Waals surface area contributed by atoms with Crippen LogP contribution < -0.4 is 14.8 Å². The van der Waals surface area contributed by atoms with E-state index in [4.69, 9.17) is 18.9 Å². The van der Waals surface area contributed by atoms with E-state index in [-0.39, 0.29) is 32.9 Å². The van der Waals surface area contributed by atoms with Crippen molar-refractivity contribution in [3.63, 3.8) is 0 Å². The number of allylic oxidation sites excluding steroid dienone is 1. The van der Waals surface area contributed by atoms with Gasteiger partial charge in [-0.05, 0) is 35.4 Å². The zero-order chi connectivity index (χ0) is 27.9. The molecule has 0 saturated carbocycles. The maximum absolute atomic E-state index is 13.6. The highest BCUT2D eigenvalue weighted by atomic mass is 16.7. The molecule has 1 saturated heterocycles. The smallest absolute Gasteiger partial charge is 0.410 e. The second kappa shape index (κ2) is 10.3. The summed E-state index contributed by atoms with van der Waals surface area (Å²) in [5, 5.41) is 12.5. The number of nitrogens with zero attached hydrogens (tertiary/aromatic N) is 2. The fourth-order valence-corrected chi connectivity index (χ4v) is 5.37. The molecule has 0 aliphatic carbocycles. The van der Waals surface area contributed by atoms with Crippen LogP contribution >= 0.6 is 0 Å². The molecule has 4 aliphatic heterocycles. The number of benzene rings is 1. The average Bonchev–Trinajstić information content (AvgIpc) is 3.60. The molecule has 12 nitrogen and oxygen atoms in total. The second-order valence-corrected chi connectivity index (χ2v) is 11.2. The Balaban J connectivity index is 1.44. The van der Waals surface area contributed by atoms with E-state index in [1.165, 1.54) is 9.80 Å². The molecular weight excluding hydrogens is 510 g/mol. The number of carbonyl (C=O) groups is 4. The summed E-state index contributed by atoms with van der Waals surface area (Å²) in [7, 11) is 0. The number of fused-ring (bicyclic) bond motifs is 5. The van der Waals surface area contributed by atoms with Crippen molar-refractivity contribution in [2.75, 3.05) is 19.9 Å². The number of carboxylic acids is 1. The van der Waals surface area contributed by atoms with E-state index >= 15 is 0 Å². The van der Waals surface area contributed by atoms with Crippen molar-refractivity contribution in [2.45, 2.75) is 71.3 Å². The van der Waals surface area contributed by atoms with E-state index in [2.05, 4.69) is 5.32 Å². The summed E-state index contributed by atoms with van der Waals surface area (Å²) in [5.41, 5.74) is 1.91. The normalized spacial score (nSPS) is 26.2. The topological polar surface area (TPSA) is 144 Å². The number of ether oxygens (including phenoxy) is 4. The van der Waals surface area contributed by atoms with Gasteiger partial charge in [-0.1, -0.05) is 32.9 Å². The maximum Gasteiger partial charge on any atom is 0.410 e. The maximum atomic E-state index is 13.6. The van der Waals surface area contributed by atoms with Crippen LogP contribution in [-0.4, -0.2) is 77.1 Å². The Morgan fingerprint density at radius 2 is 1.92 bits per heavy atom. The first-order valence-corrected chi connectivity index (χ1v) is 13.1. The van der Waals surface area contributed by atoms with Gasteiger partial charge in [-0.3, -0.25) is 9.69 Å². The van der Waals surface area contributed by atoms with Crippen molar-refractivity contribution in [3.05, 3.63) is 28.8 Å². The molecule has 3 amide bonds. The Kier molecular flexibility index (Phi) is 7.04. The minimum atomic E-state index is -1.21. The summed E-state index contributed by atoms with van der Waals surface area (Å²) >= 11 is 0. The molecule has 39 heavy (non-hydrogen) atoms. The van der Waals surface area contributed by atoms with Gasteiger partial charge in [0.05, 0.1) is 19.7 Å². The number of alkyl carbamates (subject to hydrolysis) is 1. The summed E-state index contributed by atoms with van der Waals surface area (Å²) in [4.78, 5) is 54.1. The zero-order valence-electron chi connectivity index (χ0n) is 22.2. The van der Waals surface area contributed by atoms with Gasteiger partial charge in [0, 0.05) is 18.5 Å². The van der Waals surface area contributed by atoms with E-state index in [9.17, 15) is 24.3 Å². The van der Waals surface area contributed by atoms with Crippen molar-refractivity contribution in [2.24, 2.45) is 5.41 Å². The summed E-state index contributed by atoms with van der Waals surface area (Å²) in [6.07, 6.45) is 2.79. The van der Waals surface area contributed by atoms with Crippen molar-refractivity contribution in [1.82, 2.24) is 15.1 Å². The van der Waals surface area contributed by atoms with Gasteiger partial charge in [0.25, 0.3) is 0 Å². The third kappa shape index (κ3) is 5.32. The van der Waals surface area contributed by atoms with E-state index in [0.717, 1.165) is 16.7 Å². The summed E-state index contributed by atoms with van der Waals surface area (Å²) in [5.74, 6) is -0.560. The quantitative estimate of drug-likeness (QED) is 0.546. The monoisotopic (exact) mass is 543 g/mol. The van der Waals surface area contributed by atoms with Gasteiger partial charge < -0.3 is 34.3 Å². The van der Waals surface area contributed by atoms with Crippen molar-refractivity contribution in [1.29, 1.82) is 0 Å². The first-order chi connectivity index (χ1) is 18.5. The van der Waals surface area contributed by atoms with E-state index in [0.29, 0.717) is 30.9 Å². The number of cyclic esters (lactones) is 1. The molecule has 1 unspecified atom stereocenters. The highest BCUT2D eigenvalue weighted by molar-refractivity contribution is 5.90. The molecule has 4 aliphatic rings. The number of hydrogen-bond donors (Lipinski definition) is 2. The van der Waals surface area contributed by atoms with Crippen LogP contribution in [0.3, 0.4) is 0 Å². The minimum absolute atomic E-state index is 0.0567. The number of amides is 3. The summed E-state index contributed by atoms with van der Waals surface area (Å²) < 4.78 is 22.4. The molecule has 1 fully saturated rings. The third-order valence-corrected chi connectivity index (χ3v) is 7.38. The first-order valence-electron chi connectivity index (χ1n) is 13.1. The highest BCUT2D eigenvalue weighted by Gasteiger charge is 2.47. The van der Waals surface area contributed by atoms with Crippen LogP contribution in [-0.2, 0) is 32.2 Å². The fraction of sp³-hybridized carbons (Fsp3) is 0.556.